The lowest BCUT2D eigenvalue weighted by Gasteiger charge is -2.08. The number of hydrogen-bond acceptors (Lipinski definition) is 3. The highest BCUT2D eigenvalue weighted by molar-refractivity contribution is 5.35. The average Bonchev–Trinajstić information content (AvgIpc) is 2.18. The molecule has 5 heteroatoms. The molecule has 0 radical (unpaired) electrons. The lowest BCUT2D eigenvalue weighted by atomic mass is 10.3. The normalized spacial score (nSPS) is 10.3. The van der Waals surface area contributed by atoms with Gasteiger partial charge in [0.05, 0.1) is 19.0 Å². The first-order chi connectivity index (χ1) is 7.09. The van der Waals surface area contributed by atoms with E-state index in [9.17, 15) is 10.1 Å². The first-order valence-corrected chi connectivity index (χ1v) is 4.76. The number of likely N-dealkylation sites (N-methyl/N-ethyl adjacent to an activating group) is 1. The van der Waals surface area contributed by atoms with Crippen LogP contribution in [0.3, 0.4) is 0 Å². The quantitative estimate of drug-likeness (QED) is 0.556. The molecule has 1 rings (SSSR count). The number of non-ortho nitro benzene ring substituents is 1. The van der Waals surface area contributed by atoms with E-state index in [-0.39, 0.29) is 5.69 Å². The molecule has 0 unspecified atom stereocenters. The molecule has 0 atom stereocenters. The number of ether oxygens (including phenoxy) is 1. The lowest BCUT2D eigenvalue weighted by Crippen LogP contribution is -3.06. The third-order valence-corrected chi connectivity index (χ3v) is 1.92. The van der Waals surface area contributed by atoms with E-state index in [1.807, 2.05) is 14.1 Å². The molecule has 0 aliphatic carbocycles. The Morgan fingerprint density at radius 1 is 1.33 bits per heavy atom. The van der Waals surface area contributed by atoms with Crippen molar-refractivity contribution in [3.05, 3.63) is 34.4 Å². The zero-order valence-corrected chi connectivity index (χ0v) is 8.90. The van der Waals surface area contributed by atoms with E-state index >= 15 is 0 Å². The number of nitro benzene ring substituents is 1. The summed E-state index contributed by atoms with van der Waals surface area (Å²) in [6.45, 7) is 1.51. The summed E-state index contributed by atoms with van der Waals surface area (Å²) in [5.74, 6) is 0.668. The average molecular weight is 211 g/mol. The van der Waals surface area contributed by atoms with Crippen molar-refractivity contribution >= 4 is 5.69 Å². The van der Waals surface area contributed by atoms with Gasteiger partial charge in [0, 0.05) is 12.1 Å². The van der Waals surface area contributed by atoms with Crippen LogP contribution in [0.2, 0.25) is 0 Å². The second-order valence-corrected chi connectivity index (χ2v) is 3.56. The number of quaternary nitrogens is 1. The van der Waals surface area contributed by atoms with Crippen molar-refractivity contribution in [3.63, 3.8) is 0 Å². The summed E-state index contributed by atoms with van der Waals surface area (Å²) in [7, 11) is 4.08. The molecule has 0 amide bonds. The predicted molar refractivity (Wildman–Crippen MR) is 56.3 cm³/mol. The van der Waals surface area contributed by atoms with Crippen LogP contribution in [0.5, 0.6) is 5.75 Å². The largest absolute Gasteiger partial charge is 0.488 e. The van der Waals surface area contributed by atoms with E-state index in [2.05, 4.69) is 0 Å². The second-order valence-electron chi connectivity index (χ2n) is 3.56. The van der Waals surface area contributed by atoms with Crippen molar-refractivity contribution in [2.45, 2.75) is 0 Å². The van der Waals surface area contributed by atoms with Gasteiger partial charge in [-0.15, -0.1) is 0 Å². The van der Waals surface area contributed by atoms with Gasteiger partial charge in [-0.3, -0.25) is 10.1 Å². The fraction of sp³-hybridized carbons (Fsp3) is 0.400. The maximum Gasteiger partial charge on any atom is 0.269 e. The van der Waals surface area contributed by atoms with Crippen molar-refractivity contribution < 1.29 is 14.6 Å². The predicted octanol–water partition coefficient (Wildman–Crippen LogP) is 0.118. The molecule has 0 fully saturated rings. The van der Waals surface area contributed by atoms with Crippen molar-refractivity contribution in [1.29, 1.82) is 0 Å². The van der Waals surface area contributed by atoms with Gasteiger partial charge in [-0.2, -0.15) is 0 Å². The molecule has 0 spiro atoms. The molecule has 1 N–H and O–H groups in total. The van der Waals surface area contributed by atoms with Crippen LogP contribution in [0.15, 0.2) is 24.3 Å². The van der Waals surface area contributed by atoms with Gasteiger partial charge in [-0.1, -0.05) is 0 Å². The summed E-state index contributed by atoms with van der Waals surface area (Å²) in [6, 6.07) is 6.11. The summed E-state index contributed by atoms with van der Waals surface area (Å²) < 4.78 is 5.41. The number of nitrogens with zero attached hydrogens (tertiary/aromatic N) is 1. The molecule has 82 valence electrons. The molecule has 0 saturated heterocycles. The van der Waals surface area contributed by atoms with Crippen molar-refractivity contribution in [2.75, 3.05) is 27.2 Å². The molecule has 0 bridgehead atoms. The van der Waals surface area contributed by atoms with Crippen LogP contribution in [0, 0.1) is 10.1 Å². The lowest BCUT2D eigenvalue weighted by molar-refractivity contribution is -0.858. The van der Waals surface area contributed by atoms with Gasteiger partial charge in [-0.05, 0) is 12.1 Å². The number of benzene rings is 1. The van der Waals surface area contributed by atoms with Crippen LogP contribution in [-0.2, 0) is 0 Å². The van der Waals surface area contributed by atoms with E-state index in [1.165, 1.54) is 17.0 Å². The Kier molecular flexibility index (Phi) is 4.05. The number of nitro groups is 1. The highest BCUT2D eigenvalue weighted by Gasteiger charge is 2.04. The Hall–Kier alpha value is -1.62. The van der Waals surface area contributed by atoms with Gasteiger partial charge in [0.15, 0.2) is 0 Å². The second kappa shape index (κ2) is 5.31. The Morgan fingerprint density at radius 3 is 2.40 bits per heavy atom. The summed E-state index contributed by atoms with van der Waals surface area (Å²) in [5, 5.41) is 10.4. The SMILES string of the molecule is C[NH+](C)CCOc1ccc([N+](=O)[O-])cc1. The van der Waals surface area contributed by atoms with Gasteiger partial charge in [0.2, 0.25) is 0 Å². The molecule has 15 heavy (non-hydrogen) atoms. The third kappa shape index (κ3) is 3.95. The van der Waals surface area contributed by atoms with Crippen molar-refractivity contribution in [2.24, 2.45) is 0 Å². The van der Waals surface area contributed by atoms with Crippen LogP contribution >= 0.6 is 0 Å². The van der Waals surface area contributed by atoms with Crippen LogP contribution < -0.4 is 9.64 Å². The molecule has 5 nitrogen and oxygen atoms in total. The molecular weight excluding hydrogens is 196 g/mol. The Morgan fingerprint density at radius 2 is 1.93 bits per heavy atom. The zero-order chi connectivity index (χ0) is 11.3. The van der Waals surface area contributed by atoms with E-state index in [4.69, 9.17) is 4.74 Å². The minimum atomic E-state index is -0.423. The standard InChI is InChI=1S/C10H14N2O3/c1-11(2)7-8-15-10-5-3-9(4-6-10)12(13)14/h3-6H,7-8H2,1-2H3/p+1. The zero-order valence-electron chi connectivity index (χ0n) is 8.90. The first-order valence-electron chi connectivity index (χ1n) is 4.76. The minimum absolute atomic E-state index is 0.0839. The molecule has 0 aliphatic heterocycles. The highest BCUT2D eigenvalue weighted by Crippen LogP contribution is 2.16. The maximum absolute atomic E-state index is 10.4. The van der Waals surface area contributed by atoms with E-state index in [1.54, 1.807) is 12.1 Å². The van der Waals surface area contributed by atoms with E-state index in [0.29, 0.717) is 12.4 Å². The Labute approximate surface area is 88.4 Å². The van der Waals surface area contributed by atoms with Crippen LogP contribution in [0.1, 0.15) is 0 Å². The third-order valence-electron chi connectivity index (χ3n) is 1.92. The molecule has 0 aliphatic rings. The summed E-state index contributed by atoms with van der Waals surface area (Å²) in [6.07, 6.45) is 0. The molecule has 0 heterocycles. The van der Waals surface area contributed by atoms with Gasteiger partial charge in [0.25, 0.3) is 5.69 Å². The first kappa shape index (κ1) is 11.5. The Bertz CT molecular complexity index is 322. The van der Waals surface area contributed by atoms with Gasteiger partial charge >= 0.3 is 0 Å². The topological polar surface area (TPSA) is 56.8 Å². The number of hydrogen-bond donors (Lipinski definition) is 1. The van der Waals surface area contributed by atoms with Crippen LogP contribution in [0.25, 0.3) is 0 Å². The van der Waals surface area contributed by atoms with E-state index < -0.39 is 4.92 Å². The molecular formula is C10H15N2O3+. The van der Waals surface area contributed by atoms with Crippen molar-refractivity contribution in [3.8, 4) is 5.75 Å². The summed E-state index contributed by atoms with van der Waals surface area (Å²) in [4.78, 5) is 11.3. The summed E-state index contributed by atoms with van der Waals surface area (Å²) >= 11 is 0. The number of rotatable bonds is 5. The van der Waals surface area contributed by atoms with Crippen LogP contribution in [-0.4, -0.2) is 32.2 Å². The van der Waals surface area contributed by atoms with Gasteiger partial charge in [0.1, 0.15) is 18.9 Å². The Balaban J connectivity index is 2.46. The summed E-state index contributed by atoms with van der Waals surface area (Å²) in [5.41, 5.74) is 0.0839. The fourth-order valence-corrected chi connectivity index (χ4v) is 1.04. The number of nitrogens with one attached hydrogen (secondary N) is 1. The van der Waals surface area contributed by atoms with E-state index in [0.717, 1.165) is 6.54 Å². The van der Waals surface area contributed by atoms with Crippen molar-refractivity contribution in [1.82, 2.24) is 0 Å². The monoisotopic (exact) mass is 211 g/mol. The molecule has 1 aromatic rings. The van der Waals surface area contributed by atoms with Gasteiger partial charge < -0.3 is 9.64 Å². The van der Waals surface area contributed by atoms with Crippen LogP contribution in [0.4, 0.5) is 5.69 Å². The smallest absolute Gasteiger partial charge is 0.269 e. The fourth-order valence-electron chi connectivity index (χ4n) is 1.04. The molecule has 1 aromatic carbocycles. The maximum atomic E-state index is 10.4. The van der Waals surface area contributed by atoms with Gasteiger partial charge in [-0.25, -0.2) is 0 Å². The highest BCUT2D eigenvalue weighted by atomic mass is 16.6. The minimum Gasteiger partial charge on any atom is -0.488 e. The molecule has 0 aromatic heterocycles. The molecule has 0 saturated carbocycles.